The summed E-state index contributed by atoms with van der Waals surface area (Å²) in [6, 6.07) is 13.2. The van der Waals surface area contributed by atoms with Crippen molar-refractivity contribution in [3.63, 3.8) is 0 Å². The topological polar surface area (TPSA) is 83.1 Å². The molecule has 1 atom stereocenters. The second-order valence-corrected chi connectivity index (χ2v) is 7.01. The van der Waals surface area contributed by atoms with E-state index in [0.29, 0.717) is 23.7 Å². The van der Waals surface area contributed by atoms with E-state index in [1.165, 1.54) is 21.3 Å². The number of rotatable bonds is 12. The number of hydrogen-bond donors (Lipinski definition) is 1. The van der Waals surface area contributed by atoms with Crippen LogP contribution in [0.5, 0.6) is 17.2 Å². The van der Waals surface area contributed by atoms with Crippen LogP contribution in [0.25, 0.3) is 0 Å². The highest BCUT2D eigenvalue weighted by Gasteiger charge is 2.16. The van der Waals surface area contributed by atoms with E-state index in [1.807, 2.05) is 30.3 Å². The fraction of sp³-hybridized carbons (Fsp3) is 0.417. The van der Waals surface area contributed by atoms with Crippen molar-refractivity contribution in [2.45, 2.75) is 38.6 Å². The Labute approximate surface area is 183 Å². The number of benzene rings is 2. The van der Waals surface area contributed by atoms with Gasteiger partial charge in [-0.05, 0) is 36.1 Å². The highest BCUT2D eigenvalue weighted by molar-refractivity contribution is 5.81. The van der Waals surface area contributed by atoms with Gasteiger partial charge in [-0.1, -0.05) is 43.7 Å². The largest absolute Gasteiger partial charge is 0.493 e. The third-order valence-electron chi connectivity index (χ3n) is 4.82. The first-order valence-electron chi connectivity index (χ1n) is 10.3. The van der Waals surface area contributed by atoms with E-state index in [9.17, 15) is 9.59 Å². The molecule has 2 rings (SSSR count). The van der Waals surface area contributed by atoms with Gasteiger partial charge >= 0.3 is 5.97 Å². The lowest BCUT2D eigenvalue weighted by Crippen LogP contribution is -2.32. The van der Waals surface area contributed by atoms with Crippen molar-refractivity contribution in [3.05, 3.63) is 53.6 Å². The molecule has 7 nitrogen and oxygen atoms in total. The summed E-state index contributed by atoms with van der Waals surface area (Å²) in [5.41, 5.74) is 1.87. The van der Waals surface area contributed by atoms with E-state index in [4.69, 9.17) is 18.9 Å². The smallest absolute Gasteiger partial charge is 0.306 e. The van der Waals surface area contributed by atoms with Crippen molar-refractivity contribution in [1.29, 1.82) is 0 Å². The standard InChI is InChI=1S/C24H31NO6/c1-5-9-19(18-10-7-6-8-11-18)25-22(26)16-31-23(27)13-12-17-14-20(28-2)24(30-4)21(15-17)29-3/h6-8,10-11,14-15,19H,5,9,12-13,16H2,1-4H3,(H,25,26)/t19-/m0/s1. The second-order valence-electron chi connectivity index (χ2n) is 7.01. The predicted molar refractivity (Wildman–Crippen MR) is 118 cm³/mol. The number of nitrogens with one attached hydrogen (secondary N) is 1. The third-order valence-corrected chi connectivity index (χ3v) is 4.82. The van der Waals surface area contributed by atoms with Gasteiger partial charge in [0.25, 0.3) is 5.91 Å². The highest BCUT2D eigenvalue weighted by atomic mass is 16.5. The number of carbonyl (C=O) groups is 2. The zero-order valence-corrected chi connectivity index (χ0v) is 18.6. The summed E-state index contributed by atoms with van der Waals surface area (Å²) in [5, 5.41) is 2.94. The van der Waals surface area contributed by atoms with Gasteiger partial charge in [-0.25, -0.2) is 0 Å². The normalized spacial score (nSPS) is 11.4. The van der Waals surface area contributed by atoms with E-state index in [-0.39, 0.29) is 25.0 Å². The summed E-state index contributed by atoms with van der Waals surface area (Å²) in [6.45, 7) is 1.76. The van der Waals surface area contributed by atoms with E-state index >= 15 is 0 Å². The molecule has 0 radical (unpaired) electrons. The van der Waals surface area contributed by atoms with Crippen LogP contribution in [0.15, 0.2) is 42.5 Å². The molecule has 0 aliphatic rings. The first-order chi connectivity index (χ1) is 15.0. The summed E-state index contributed by atoms with van der Waals surface area (Å²) >= 11 is 0. The Morgan fingerprint density at radius 2 is 1.61 bits per heavy atom. The lowest BCUT2D eigenvalue weighted by molar-refractivity contribution is -0.148. The summed E-state index contributed by atoms with van der Waals surface area (Å²) in [5.74, 6) is 0.770. The van der Waals surface area contributed by atoms with Crippen molar-refractivity contribution in [1.82, 2.24) is 5.32 Å². The molecule has 0 saturated carbocycles. The second kappa shape index (κ2) is 12.5. The van der Waals surface area contributed by atoms with Gasteiger partial charge in [0.05, 0.1) is 27.4 Å². The van der Waals surface area contributed by atoms with Crippen LogP contribution in [-0.2, 0) is 20.7 Å². The van der Waals surface area contributed by atoms with Gasteiger partial charge < -0.3 is 24.3 Å². The van der Waals surface area contributed by atoms with E-state index in [2.05, 4.69) is 12.2 Å². The van der Waals surface area contributed by atoms with Gasteiger partial charge in [0, 0.05) is 6.42 Å². The van der Waals surface area contributed by atoms with Gasteiger partial charge in [-0.2, -0.15) is 0 Å². The molecule has 2 aromatic carbocycles. The maximum Gasteiger partial charge on any atom is 0.306 e. The zero-order chi connectivity index (χ0) is 22.6. The molecular formula is C24H31NO6. The molecule has 0 fully saturated rings. The first-order valence-corrected chi connectivity index (χ1v) is 10.3. The summed E-state index contributed by atoms with van der Waals surface area (Å²) in [7, 11) is 4.61. The van der Waals surface area contributed by atoms with E-state index < -0.39 is 5.97 Å². The summed E-state index contributed by atoms with van der Waals surface area (Å²) in [4.78, 5) is 24.4. The van der Waals surface area contributed by atoms with Crippen LogP contribution >= 0.6 is 0 Å². The van der Waals surface area contributed by atoms with Crippen LogP contribution in [0.2, 0.25) is 0 Å². The van der Waals surface area contributed by atoms with Gasteiger partial charge in [0.15, 0.2) is 18.1 Å². The highest BCUT2D eigenvalue weighted by Crippen LogP contribution is 2.38. The number of esters is 1. The third kappa shape index (κ3) is 7.20. The predicted octanol–water partition coefficient (Wildman–Crippen LogP) is 3.85. The molecule has 0 heterocycles. The van der Waals surface area contributed by atoms with E-state index in [1.54, 1.807) is 12.1 Å². The van der Waals surface area contributed by atoms with Crippen molar-refractivity contribution in [3.8, 4) is 17.2 Å². The van der Waals surface area contributed by atoms with Crippen LogP contribution in [-0.4, -0.2) is 39.8 Å². The van der Waals surface area contributed by atoms with Gasteiger partial charge in [0.1, 0.15) is 0 Å². The number of ether oxygens (including phenoxy) is 4. The van der Waals surface area contributed by atoms with Crippen LogP contribution in [0.1, 0.15) is 43.4 Å². The monoisotopic (exact) mass is 429 g/mol. The van der Waals surface area contributed by atoms with Crippen LogP contribution in [0.3, 0.4) is 0 Å². The average Bonchev–Trinajstić information content (AvgIpc) is 2.80. The molecule has 0 spiro atoms. The fourth-order valence-corrected chi connectivity index (χ4v) is 3.28. The van der Waals surface area contributed by atoms with Crippen molar-refractivity contribution in [2.24, 2.45) is 0 Å². The molecule has 0 aliphatic heterocycles. The fourth-order valence-electron chi connectivity index (χ4n) is 3.28. The molecule has 0 saturated heterocycles. The SMILES string of the molecule is CCC[C@H](NC(=O)COC(=O)CCc1cc(OC)c(OC)c(OC)c1)c1ccccc1. The molecule has 0 bridgehead atoms. The molecule has 31 heavy (non-hydrogen) atoms. The molecule has 1 N–H and O–H groups in total. The Kier molecular flexibility index (Phi) is 9.68. The first kappa shape index (κ1) is 24.1. The van der Waals surface area contributed by atoms with Crippen molar-refractivity contribution >= 4 is 11.9 Å². The van der Waals surface area contributed by atoms with Crippen LogP contribution < -0.4 is 19.5 Å². The Balaban J connectivity index is 1.87. The molecule has 0 aliphatic carbocycles. The summed E-state index contributed by atoms with van der Waals surface area (Å²) < 4.78 is 21.1. The van der Waals surface area contributed by atoms with Gasteiger partial charge in [-0.15, -0.1) is 0 Å². The Bertz CT molecular complexity index is 827. The van der Waals surface area contributed by atoms with Gasteiger partial charge in [0.2, 0.25) is 5.75 Å². The molecule has 7 heteroatoms. The molecular weight excluding hydrogens is 398 g/mol. The maximum absolute atomic E-state index is 12.3. The quantitative estimate of drug-likeness (QED) is 0.516. The Morgan fingerprint density at radius 3 is 2.16 bits per heavy atom. The van der Waals surface area contributed by atoms with Crippen molar-refractivity contribution in [2.75, 3.05) is 27.9 Å². The minimum atomic E-state index is -0.448. The van der Waals surface area contributed by atoms with Gasteiger partial charge in [-0.3, -0.25) is 9.59 Å². The maximum atomic E-state index is 12.3. The number of methoxy groups -OCH3 is 3. The lowest BCUT2D eigenvalue weighted by atomic mass is 10.0. The minimum Gasteiger partial charge on any atom is -0.493 e. The lowest BCUT2D eigenvalue weighted by Gasteiger charge is -2.18. The minimum absolute atomic E-state index is 0.100. The molecule has 0 unspecified atom stereocenters. The molecule has 2 aromatic rings. The zero-order valence-electron chi connectivity index (χ0n) is 18.6. The molecule has 168 valence electrons. The van der Waals surface area contributed by atoms with E-state index in [0.717, 1.165) is 24.0 Å². The number of amides is 1. The average molecular weight is 430 g/mol. The number of hydrogen-bond acceptors (Lipinski definition) is 6. The van der Waals surface area contributed by atoms with Crippen molar-refractivity contribution < 1.29 is 28.5 Å². The Hall–Kier alpha value is -3.22. The van der Waals surface area contributed by atoms with Crippen LogP contribution in [0, 0.1) is 0 Å². The van der Waals surface area contributed by atoms with Crippen LogP contribution in [0.4, 0.5) is 0 Å². The number of aryl methyl sites for hydroxylation is 1. The molecule has 1 amide bonds. The summed E-state index contributed by atoms with van der Waals surface area (Å²) in [6.07, 6.45) is 2.28. The Morgan fingerprint density at radius 1 is 0.968 bits per heavy atom. The molecule has 0 aromatic heterocycles. The number of carbonyl (C=O) groups excluding carboxylic acids is 2.